The fourth-order valence-corrected chi connectivity index (χ4v) is 3.22. The van der Waals surface area contributed by atoms with Crippen molar-refractivity contribution in [1.29, 1.82) is 0 Å². The Balaban J connectivity index is 2.24. The molecule has 0 bridgehead atoms. The molecule has 1 unspecified atom stereocenters. The van der Waals surface area contributed by atoms with Gasteiger partial charge in [-0.3, -0.25) is 0 Å². The summed E-state index contributed by atoms with van der Waals surface area (Å²) < 4.78 is 11.9. The van der Waals surface area contributed by atoms with E-state index in [-0.39, 0.29) is 23.0 Å². The van der Waals surface area contributed by atoms with Crippen LogP contribution < -0.4 is 0 Å². The van der Waals surface area contributed by atoms with Crippen molar-refractivity contribution in [2.75, 3.05) is 13.2 Å². The average Bonchev–Trinajstić information content (AvgIpc) is 2.30. The standard InChI is InChI=1S/C16H26O3/c1-11-6-7-12(8-17)16(4,5)13(11)14-18-9-15(2,3)10-19-14/h8,12,14H,6-7,9-10H2,1-5H3. The highest BCUT2D eigenvalue weighted by Gasteiger charge is 2.43. The van der Waals surface area contributed by atoms with Gasteiger partial charge in [-0.05, 0) is 25.3 Å². The summed E-state index contributed by atoms with van der Waals surface area (Å²) in [5, 5.41) is 0. The molecular weight excluding hydrogens is 240 g/mol. The Kier molecular flexibility index (Phi) is 3.90. The van der Waals surface area contributed by atoms with E-state index in [0.717, 1.165) is 19.1 Å². The van der Waals surface area contributed by atoms with Gasteiger partial charge in [-0.2, -0.15) is 0 Å². The Morgan fingerprint density at radius 3 is 2.26 bits per heavy atom. The van der Waals surface area contributed by atoms with E-state index < -0.39 is 0 Å². The molecule has 1 fully saturated rings. The molecule has 3 heteroatoms. The van der Waals surface area contributed by atoms with E-state index in [9.17, 15) is 4.79 Å². The van der Waals surface area contributed by atoms with E-state index >= 15 is 0 Å². The lowest BCUT2D eigenvalue weighted by molar-refractivity contribution is -0.210. The molecule has 2 aliphatic rings. The molecule has 1 saturated heterocycles. The van der Waals surface area contributed by atoms with Gasteiger partial charge in [0.05, 0.1) is 13.2 Å². The van der Waals surface area contributed by atoms with Crippen molar-refractivity contribution in [3.05, 3.63) is 11.1 Å². The summed E-state index contributed by atoms with van der Waals surface area (Å²) >= 11 is 0. The summed E-state index contributed by atoms with van der Waals surface area (Å²) in [6.07, 6.45) is 2.73. The summed E-state index contributed by atoms with van der Waals surface area (Å²) in [7, 11) is 0. The topological polar surface area (TPSA) is 35.5 Å². The van der Waals surface area contributed by atoms with Gasteiger partial charge in [0.2, 0.25) is 0 Å². The maximum atomic E-state index is 11.3. The third kappa shape index (κ3) is 2.77. The van der Waals surface area contributed by atoms with Crippen molar-refractivity contribution in [1.82, 2.24) is 0 Å². The molecule has 3 nitrogen and oxygen atoms in total. The molecule has 108 valence electrons. The van der Waals surface area contributed by atoms with Crippen LogP contribution in [-0.4, -0.2) is 25.8 Å². The van der Waals surface area contributed by atoms with Crippen LogP contribution in [0.25, 0.3) is 0 Å². The Morgan fingerprint density at radius 2 is 1.74 bits per heavy atom. The number of ether oxygens (including phenoxy) is 2. The van der Waals surface area contributed by atoms with Gasteiger partial charge in [-0.1, -0.05) is 33.3 Å². The minimum Gasteiger partial charge on any atom is -0.348 e. The van der Waals surface area contributed by atoms with Crippen LogP contribution in [-0.2, 0) is 14.3 Å². The largest absolute Gasteiger partial charge is 0.348 e. The first-order chi connectivity index (χ1) is 8.78. The second-order valence-electron chi connectivity index (χ2n) is 7.32. The maximum Gasteiger partial charge on any atom is 0.180 e. The highest BCUT2D eigenvalue weighted by atomic mass is 16.7. The van der Waals surface area contributed by atoms with Crippen LogP contribution in [0.5, 0.6) is 0 Å². The first-order valence-corrected chi connectivity index (χ1v) is 7.16. The number of hydrogen-bond acceptors (Lipinski definition) is 3. The monoisotopic (exact) mass is 266 g/mol. The second kappa shape index (κ2) is 5.02. The van der Waals surface area contributed by atoms with Crippen molar-refractivity contribution in [3.63, 3.8) is 0 Å². The molecule has 19 heavy (non-hydrogen) atoms. The lowest BCUT2D eigenvalue weighted by Crippen LogP contribution is -2.44. The lowest BCUT2D eigenvalue weighted by Gasteiger charge is -2.45. The van der Waals surface area contributed by atoms with Crippen LogP contribution in [0, 0.1) is 16.7 Å². The van der Waals surface area contributed by atoms with Crippen LogP contribution >= 0.6 is 0 Å². The zero-order chi connectivity index (χ0) is 14.3. The van der Waals surface area contributed by atoms with Crippen molar-refractivity contribution >= 4 is 6.29 Å². The van der Waals surface area contributed by atoms with E-state index in [1.54, 1.807) is 0 Å². The fourth-order valence-electron chi connectivity index (χ4n) is 3.22. The minimum absolute atomic E-state index is 0.0633. The summed E-state index contributed by atoms with van der Waals surface area (Å²) in [5.74, 6) is 0.0633. The molecule has 0 saturated carbocycles. The number of aldehydes is 1. The zero-order valence-corrected chi connectivity index (χ0v) is 12.8. The van der Waals surface area contributed by atoms with Gasteiger partial charge in [-0.15, -0.1) is 0 Å². The van der Waals surface area contributed by atoms with Gasteiger partial charge in [-0.25, -0.2) is 0 Å². The molecule has 1 aliphatic heterocycles. The van der Waals surface area contributed by atoms with Crippen LogP contribution in [0.2, 0.25) is 0 Å². The van der Waals surface area contributed by atoms with Crippen molar-refractivity contribution in [2.24, 2.45) is 16.7 Å². The van der Waals surface area contributed by atoms with Crippen LogP contribution in [0.1, 0.15) is 47.5 Å². The molecule has 0 amide bonds. The van der Waals surface area contributed by atoms with E-state index in [0.29, 0.717) is 13.2 Å². The van der Waals surface area contributed by atoms with Crippen molar-refractivity contribution < 1.29 is 14.3 Å². The van der Waals surface area contributed by atoms with Gasteiger partial charge in [0.25, 0.3) is 0 Å². The molecule has 2 rings (SSSR count). The third-order valence-electron chi connectivity index (χ3n) is 4.56. The second-order valence-corrected chi connectivity index (χ2v) is 7.32. The van der Waals surface area contributed by atoms with Gasteiger partial charge < -0.3 is 14.3 Å². The normalized spacial score (nSPS) is 31.3. The Hall–Kier alpha value is -0.670. The molecule has 0 aromatic heterocycles. The molecule has 1 heterocycles. The summed E-state index contributed by atoms with van der Waals surface area (Å²) in [4.78, 5) is 11.3. The SMILES string of the molecule is CC1=C(C2OCC(C)(C)CO2)C(C)(C)C(C=O)CC1. The van der Waals surface area contributed by atoms with E-state index in [1.807, 2.05) is 0 Å². The minimum atomic E-state index is -0.272. The number of allylic oxidation sites excluding steroid dienone is 1. The Bertz CT molecular complexity index is 383. The molecule has 0 N–H and O–H groups in total. The van der Waals surface area contributed by atoms with E-state index in [1.165, 1.54) is 11.1 Å². The van der Waals surface area contributed by atoms with Gasteiger partial charge in [0, 0.05) is 16.7 Å². The van der Waals surface area contributed by atoms with E-state index in [2.05, 4.69) is 34.6 Å². The smallest absolute Gasteiger partial charge is 0.180 e. The summed E-state index contributed by atoms with van der Waals surface area (Å²) in [6, 6.07) is 0. The number of carbonyl (C=O) groups excluding carboxylic acids is 1. The van der Waals surface area contributed by atoms with Gasteiger partial charge in [0.1, 0.15) is 6.29 Å². The predicted molar refractivity (Wildman–Crippen MR) is 74.7 cm³/mol. The predicted octanol–water partition coefficient (Wildman–Crippen LogP) is 3.34. The number of carbonyl (C=O) groups is 1. The van der Waals surface area contributed by atoms with Crippen LogP contribution in [0.4, 0.5) is 0 Å². The summed E-state index contributed by atoms with van der Waals surface area (Å²) in [5.41, 5.74) is 2.42. The van der Waals surface area contributed by atoms with Crippen LogP contribution in [0.15, 0.2) is 11.1 Å². The molecule has 0 aromatic rings. The van der Waals surface area contributed by atoms with Gasteiger partial charge >= 0.3 is 0 Å². The Morgan fingerprint density at radius 1 is 1.16 bits per heavy atom. The van der Waals surface area contributed by atoms with Gasteiger partial charge in [0.15, 0.2) is 6.29 Å². The maximum absolute atomic E-state index is 11.3. The fraction of sp³-hybridized carbons (Fsp3) is 0.812. The molecule has 0 aromatic carbocycles. The molecule has 1 atom stereocenters. The highest BCUT2D eigenvalue weighted by molar-refractivity contribution is 5.57. The van der Waals surface area contributed by atoms with Crippen molar-refractivity contribution in [3.8, 4) is 0 Å². The zero-order valence-electron chi connectivity index (χ0n) is 12.8. The third-order valence-corrected chi connectivity index (χ3v) is 4.56. The quantitative estimate of drug-likeness (QED) is 0.568. The highest BCUT2D eigenvalue weighted by Crippen LogP contribution is 2.47. The molecular formula is C16H26O3. The van der Waals surface area contributed by atoms with E-state index in [4.69, 9.17) is 9.47 Å². The van der Waals surface area contributed by atoms with Crippen molar-refractivity contribution in [2.45, 2.75) is 53.8 Å². The number of rotatable bonds is 2. The summed E-state index contributed by atoms with van der Waals surface area (Å²) in [6.45, 7) is 12.1. The molecule has 0 radical (unpaired) electrons. The van der Waals surface area contributed by atoms with Crippen LogP contribution in [0.3, 0.4) is 0 Å². The first-order valence-electron chi connectivity index (χ1n) is 7.16. The average molecular weight is 266 g/mol. The Labute approximate surface area is 116 Å². The number of hydrogen-bond donors (Lipinski definition) is 0. The molecule has 0 spiro atoms. The first kappa shape index (κ1) is 14.7. The lowest BCUT2D eigenvalue weighted by atomic mass is 9.65. The molecule has 1 aliphatic carbocycles.